The van der Waals surface area contributed by atoms with Crippen LogP contribution in [0.2, 0.25) is 0 Å². The Kier molecular flexibility index (Phi) is 4.39. The highest BCUT2D eigenvalue weighted by molar-refractivity contribution is 5.95. The zero-order valence-corrected chi connectivity index (χ0v) is 11.8. The number of hydrogen-bond donors (Lipinski definition) is 2. The van der Waals surface area contributed by atoms with Gasteiger partial charge in [-0.3, -0.25) is 9.59 Å². The van der Waals surface area contributed by atoms with E-state index in [4.69, 9.17) is 5.11 Å². The maximum Gasteiger partial charge on any atom is 0.224 e. The van der Waals surface area contributed by atoms with Gasteiger partial charge in [0.15, 0.2) is 0 Å². The van der Waals surface area contributed by atoms with Crippen LogP contribution in [0, 0.1) is 0 Å². The number of amides is 2. The molecule has 0 radical (unpaired) electrons. The van der Waals surface area contributed by atoms with Gasteiger partial charge in [0.25, 0.3) is 0 Å². The first-order valence-electron chi connectivity index (χ1n) is 6.86. The fourth-order valence-corrected chi connectivity index (χ4v) is 2.37. The molecule has 0 aromatic heterocycles. The van der Waals surface area contributed by atoms with Crippen LogP contribution in [0.5, 0.6) is 0 Å². The van der Waals surface area contributed by atoms with Gasteiger partial charge in [0.2, 0.25) is 11.8 Å². The van der Waals surface area contributed by atoms with Gasteiger partial charge in [-0.25, -0.2) is 0 Å². The topological polar surface area (TPSA) is 69.6 Å². The summed E-state index contributed by atoms with van der Waals surface area (Å²) in [5.74, 6) is -0.0651. The molecule has 0 saturated carbocycles. The van der Waals surface area contributed by atoms with E-state index < -0.39 is 6.10 Å². The highest BCUT2D eigenvalue weighted by Crippen LogP contribution is 2.30. The number of carbonyl (C=O) groups is 2. The minimum Gasteiger partial charge on any atom is -0.393 e. The smallest absolute Gasteiger partial charge is 0.224 e. The lowest BCUT2D eigenvalue weighted by Crippen LogP contribution is -2.25. The number of rotatable bonds is 4. The minimum atomic E-state index is -0.468. The lowest BCUT2D eigenvalue weighted by atomic mass is 10.1. The first-order chi connectivity index (χ1) is 9.47. The highest BCUT2D eigenvalue weighted by Gasteiger charge is 2.22. The van der Waals surface area contributed by atoms with Crippen LogP contribution in [0.4, 0.5) is 11.4 Å². The molecule has 2 rings (SSSR count). The molecule has 0 saturated heterocycles. The van der Waals surface area contributed by atoms with E-state index in [1.165, 1.54) is 0 Å². The lowest BCUT2D eigenvalue weighted by Gasteiger charge is -2.15. The van der Waals surface area contributed by atoms with Crippen molar-refractivity contribution in [3.8, 4) is 0 Å². The summed E-state index contributed by atoms with van der Waals surface area (Å²) in [5.41, 5.74) is 2.75. The zero-order valence-electron chi connectivity index (χ0n) is 11.8. The van der Waals surface area contributed by atoms with Crippen molar-refractivity contribution in [1.82, 2.24) is 0 Å². The Morgan fingerprint density at radius 1 is 1.45 bits per heavy atom. The Morgan fingerprint density at radius 3 is 2.85 bits per heavy atom. The molecule has 108 valence electrons. The van der Waals surface area contributed by atoms with Crippen molar-refractivity contribution in [2.45, 2.75) is 39.2 Å². The van der Waals surface area contributed by atoms with Gasteiger partial charge in [-0.15, -0.1) is 0 Å². The summed E-state index contributed by atoms with van der Waals surface area (Å²) in [7, 11) is 0. The van der Waals surface area contributed by atoms with E-state index in [1.54, 1.807) is 24.8 Å². The van der Waals surface area contributed by atoms with Crippen LogP contribution in [0.25, 0.3) is 0 Å². The Bertz CT molecular complexity index is 526. The Labute approximate surface area is 118 Å². The predicted molar refractivity (Wildman–Crippen MR) is 77.7 cm³/mol. The molecular formula is C15H20N2O3. The van der Waals surface area contributed by atoms with Crippen molar-refractivity contribution in [2.75, 3.05) is 16.8 Å². The van der Waals surface area contributed by atoms with E-state index in [2.05, 4.69) is 5.32 Å². The zero-order chi connectivity index (χ0) is 14.7. The number of nitrogens with zero attached hydrogens (tertiary/aromatic N) is 1. The molecule has 1 atom stereocenters. The van der Waals surface area contributed by atoms with Crippen LogP contribution in [0.3, 0.4) is 0 Å². The molecule has 2 N–H and O–H groups in total. The molecule has 1 unspecified atom stereocenters. The average Bonchev–Trinajstić information content (AvgIpc) is 2.79. The number of hydrogen-bond acceptors (Lipinski definition) is 3. The van der Waals surface area contributed by atoms with Gasteiger partial charge in [-0.05, 0) is 43.5 Å². The number of fused-ring (bicyclic) bond motifs is 1. The second kappa shape index (κ2) is 6.05. The van der Waals surface area contributed by atoms with Gasteiger partial charge in [0.05, 0.1) is 6.10 Å². The number of carbonyl (C=O) groups excluding carboxylic acids is 2. The average molecular weight is 276 g/mol. The molecule has 1 aliphatic heterocycles. The molecule has 5 heteroatoms. The third-order valence-corrected chi connectivity index (χ3v) is 3.43. The van der Waals surface area contributed by atoms with Crippen molar-refractivity contribution in [1.29, 1.82) is 0 Å². The summed E-state index contributed by atoms with van der Waals surface area (Å²) in [6.45, 7) is 3.92. The first kappa shape index (κ1) is 14.5. The fraction of sp³-hybridized carbons (Fsp3) is 0.467. The van der Waals surface area contributed by atoms with Crippen LogP contribution in [-0.4, -0.2) is 29.6 Å². The summed E-state index contributed by atoms with van der Waals surface area (Å²) in [6.07, 6.45) is 1.10. The van der Waals surface area contributed by atoms with E-state index >= 15 is 0 Å². The number of anilines is 2. The Morgan fingerprint density at radius 2 is 2.20 bits per heavy atom. The van der Waals surface area contributed by atoms with Gasteiger partial charge in [-0.2, -0.15) is 0 Å². The third-order valence-electron chi connectivity index (χ3n) is 3.43. The lowest BCUT2D eigenvalue weighted by molar-refractivity contribution is -0.117. The molecular weight excluding hydrogens is 256 g/mol. The third kappa shape index (κ3) is 3.36. The van der Waals surface area contributed by atoms with E-state index in [0.717, 1.165) is 23.4 Å². The van der Waals surface area contributed by atoms with E-state index in [-0.39, 0.29) is 11.8 Å². The van der Waals surface area contributed by atoms with E-state index in [1.807, 2.05) is 12.1 Å². The van der Waals surface area contributed by atoms with Crippen molar-refractivity contribution < 1.29 is 14.7 Å². The van der Waals surface area contributed by atoms with Crippen molar-refractivity contribution in [2.24, 2.45) is 0 Å². The van der Waals surface area contributed by atoms with Gasteiger partial charge in [-0.1, -0.05) is 0 Å². The van der Waals surface area contributed by atoms with Crippen LogP contribution in [0.1, 0.15) is 32.3 Å². The van der Waals surface area contributed by atoms with Crippen LogP contribution in [0.15, 0.2) is 18.2 Å². The maximum atomic E-state index is 11.7. The second-order valence-electron chi connectivity index (χ2n) is 5.20. The molecule has 1 heterocycles. The molecule has 5 nitrogen and oxygen atoms in total. The maximum absolute atomic E-state index is 11.7. The van der Waals surface area contributed by atoms with Crippen LogP contribution in [-0.2, 0) is 16.0 Å². The first-order valence-corrected chi connectivity index (χ1v) is 6.86. The molecule has 0 fully saturated rings. The second-order valence-corrected chi connectivity index (χ2v) is 5.20. The monoisotopic (exact) mass is 276 g/mol. The predicted octanol–water partition coefficient (Wildman–Crippen LogP) is 1.70. The number of benzene rings is 1. The van der Waals surface area contributed by atoms with Crippen molar-refractivity contribution in [3.63, 3.8) is 0 Å². The molecule has 0 bridgehead atoms. The summed E-state index contributed by atoms with van der Waals surface area (Å²) in [5, 5.41) is 12.0. The summed E-state index contributed by atoms with van der Waals surface area (Å²) in [4.78, 5) is 24.9. The summed E-state index contributed by atoms with van der Waals surface area (Å²) >= 11 is 0. The molecule has 1 aromatic carbocycles. The van der Waals surface area contributed by atoms with E-state index in [9.17, 15) is 9.59 Å². The van der Waals surface area contributed by atoms with Gasteiger partial charge in [0, 0.05) is 31.3 Å². The normalized spacial score (nSPS) is 14.8. The summed E-state index contributed by atoms with van der Waals surface area (Å²) < 4.78 is 0. The van der Waals surface area contributed by atoms with Gasteiger partial charge >= 0.3 is 0 Å². The van der Waals surface area contributed by atoms with Gasteiger partial charge < -0.3 is 15.3 Å². The number of nitrogens with one attached hydrogen (secondary N) is 1. The molecule has 20 heavy (non-hydrogen) atoms. The fourth-order valence-electron chi connectivity index (χ4n) is 2.37. The number of aliphatic hydroxyl groups excluding tert-OH is 1. The molecule has 1 aliphatic rings. The highest BCUT2D eigenvalue weighted by atomic mass is 16.3. The van der Waals surface area contributed by atoms with Crippen LogP contribution >= 0.6 is 0 Å². The minimum absolute atomic E-state index is 0.0393. The van der Waals surface area contributed by atoms with Crippen LogP contribution < -0.4 is 10.2 Å². The number of aliphatic hydroxyl groups is 1. The Hall–Kier alpha value is -1.88. The summed E-state index contributed by atoms with van der Waals surface area (Å²) in [6, 6.07) is 5.59. The molecule has 1 aromatic rings. The molecule has 0 spiro atoms. The van der Waals surface area contributed by atoms with Crippen molar-refractivity contribution >= 4 is 23.2 Å². The SMILES string of the molecule is CC(=O)N1CCc2cc(NC(=O)CCC(C)O)ccc21. The quantitative estimate of drug-likeness (QED) is 0.879. The van der Waals surface area contributed by atoms with E-state index in [0.29, 0.717) is 19.4 Å². The largest absolute Gasteiger partial charge is 0.393 e. The molecule has 0 aliphatic carbocycles. The standard InChI is InChI=1S/C15H20N2O3/c1-10(18)3-6-15(20)16-13-4-5-14-12(9-13)7-8-17(14)11(2)19/h4-5,9-10,18H,3,6-8H2,1-2H3,(H,16,20). The van der Waals surface area contributed by atoms with Crippen molar-refractivity contribution in [3.05, 3.63) is 23.8 Å². The van der Waals surface area contributed by atoms with Gasteiger partial charge in [0.1, 0.15) is 0 Å². The Balaban J connectivity index is 2.02. The molecule has 2 amide bonds.